The van der Waals surface area contributed by atoms with E-state index in [1.54, 1.807) is 0 Å². The molecule has 0 aliphatic heterocycles. The second-order valence-corrected chi connectivity index (χ2v) is 4.77. The zero-order chi connectivity index (χ0) is 10.9. The third-order valence-electron chi connectivity index (χ3n) is 3.33. The normalized spacial score (nSPS) is 27.6. The van der Waals surface area contributed by atoms with Crippen LogP contribution in [0.2, 0.25) is 0 Å². The largest absolute Gasteiger partial charge is 0.377 e. The molecule has 0 bridgehead atoms. The van der Waals surface area contributed by atoms with Crippen LogP contribution < -0.4 is 5.73 Å². The predicted octanol–water partition coefficient (Wildman–Crippen LogP) is 3.24. The Bertz CT molecular complexity index is 149. The lowest BCUT2D eigenvalue weighted by Gasteiger charge is -2.21. The molecule has 90 valence electrons. The number of nitrogens with two attached hydrogens (primary N) is 1. The Morgan fingerprint density at radius 2 is 1.87 bits per heavy atom. The molecule has 0 spiro atoms. The van der Waals surface area contributed by atoms with Gasteiger partial charge in [0, 0.05) is 12.6 Å². The first-order chi connectivity index (χ1) is 7.34. The highest BCUT2D eigenvalue weighted by Crippen LogP contribution is 2.19. The van der Waals surface area contributed by atoms with Gasteiger partial charge in [0.15, 0.2) is 0 Å². The molecule has 2 atom stereocenters. The topological polar surface area (TPSA) is 35.2 Å². The number of unbranched alkanes of at least 4 members (excludes halogenated alkanes) is 3. The average Bonchev–Trinajstić information content (AvgIpc) is 2.44. The van der Waals surface area contributed by atoms with E-state index in [1.807, 2.05) is 0 Å². The smallest absolute Gasteiger partial charge is 0.0725 e. The monoisotopic (exact) mass is 213 g/mol. The molecule has 2 heteroatoms. The Balaban J connectivity index is 2.07. The minimum atomic E-state index is 0.290. The lowest BCUT2D eigenvalue weighted by atomic mass is 10.1. The van der Waals surface area contributed by atoms with Gasteiger partial charge in [-0.15, -0.1) is 0 Å². The fourth-order valence-corrected chi connectivity index (χ4v) is 2.27. The van der Waals surface area contributed by atoms with E-state index in [0.29, 0.717) is 12.1 Å². The van der Waals surface area contributed by atoms with Crippen molar-refractivity contribution in [2.75, 3.05) is 6.61 Å². The minimum absolute atomic E-state index is 0.290. The fourth-order valence-electron chi connectivity index (χ4n) is 2.27. The summed E-state index contributed by atoms with van der Waals surface area (Å²) in [7, 11) is 0. The lowest BCUT2D eigenvalue weighted by molar-refractivity contribution is 0.0290. The summed E-state index contributed by atoms with van der Waals surface area (Å²) in [5, 5.41) is 0. The van der Waals surface area contributed by atoms with Gasteiger partial charge in [-0.25, -0.2) is 0 Å². The highest BCUT2D eigenvalue weighted by Gasteiger charge is 2.20. The molecule has 1 fully saturated rings. The first-order valence-corrected chi connectivity index (χ1v) is 6.71. The van der Waals surface area contributed by atoms with Gasteiger partial charge in [0.1, 0.15) is 0 Å². The summed E-state index contributed by atoms with van der Waals surface area (Å²) >= 11 is 0. The Hall–Kier alpha value is -0.0800. The van der Waals surface area contributed by atoms with Gasteiger partial charge in [-0.2, -0.15) is 0 Å². The molecule has 1 saturated carbocycles. The molecule has 0 aromatic heterocycles. The maximum atomic E-state index is 6.09. The quantitative estimate of drug-likeness (QED) is 0.543. The predicted molar refractivity (Wildman–Crippen MR) is 64.9 cm³/mol. The van der Waals surface area contributed by atoms with Crippen molar-refractivity contribution in [1.29, 1.82) is 0 Å². The van der Waals surface area contributed by atoms with Crippen LogP contribution in [0.25, 0.3) is 0 Å². The molecule has 0 aromatic rings. The van der Waals surface area contributed by atoms with Crippen molar-refractivity contribution in [3.8, 4) is 0 Å². The molecule has 2 N–H and O–H groups in total. The SMILES string of the molecule is CCCCCCOC1CCCCCC1N. The molecule has 1 rings (SSSR count). The highest BCUT2D eigenvalue weighted by atomic mass is 16.5. The lowest BCUT2D eigenvalue weighted by Crippen LogP contribution is -2.35. The summed E-state index contributed by atoms with van der Waals surface area (Å²) < 4.78 is 5.90. The van der Waals surface area contributed by atoms with Crippen LogP contribution in [0.1, 0.15) is 64.7 Å². The molecular formula is C13H27NO. The van der Waals surface area contributed by atoms with Crippen molar-refractivity contribution in [3.05, 3.63) is 0 Å². The highest BCUT2D eigenvalue weighted by molar-refractivity contribution is 4.76. The number of rotatable bonds is 6. The summed E-state index contributed by atoms with van der Waals surface area (Å²) in [6, 6.07) is 0.290. The first-order valence-electron chi connectivity index (χ1n) is 6.71. The maximum Gasteiger partial charge on any atom is 0.0725 e. The van der Waals surface area contributed by atoms with Crippen molar-refractivity contribution >= 4 is 0 Å². The summed E-state index contributed by atoms with van der Waals surface area (Å²) in [5.41, 5.74) is 6.09. The molecule has 0 aromatic carbocycles. The molecule has 0 saturated heterocycles. The van der Waals surface area contributed by atoms with Crippen LogP contribution in [0.4, 0.5) is 0 Å². The van der Waals surface area contributed by atoms with Crippen LogP contribution in [-0.4, -0.2) is 18.8 Å². The Morgan fingerprint density at radius 1 is 1.07 bits per heavy atom. The summed E-state index contributed by atoms with van der Waals surface area (Å²) in [6.45, 7) is 3.15. The average molecular weight is 213 g/mol. The van der Waals surface area contributed by atoms with Crippen LogP contribution in [0.3, 0.4) is 0 Å². The van der Waals surface area contributed by atoms with Crippen LogP contribution in [0, 0.1) is 0 Å². The van der Waals surface area contributed by atoms with Gasteiger partial charge in [-0.3, -0.25) is 0 Å². The third-order valence-corrected chi connectivity index (χ3v) is 3.33. The van der Waals surface area contributed by atoms with Crippen molar-refractivity contribution in [3.63, 3.8) is 0 Å². The van der Waals surface area contributed by atoms with E-state index in [0.717, 1.165) is 13.0 Å². The molecule has 0 amide bonds. The first kappa shape index (κ1) is 13.0. The summed E-state index contributed by atoms with van der Waals surface area (Å²) in [4.78, 5) is 0. The van der Waals surface area contributed by atoms with E-state index >= 15 is 0 Å². The zero-order valence-corrected chi connectivity index (χ0v) is 10.2. The molecule has 0 radical (unpaired) electrons. The number of ether oxygens (including phenoxy) is 1. The van der Waals surface area contributed by atoms with Crippen LogP contribution in [0.5, 0.6) is 0 Å². The van der Waals surface area contributed by atoms with E-state index in [2.05, 4.69) is 6.92 Å². The van der Waals surface area contributed by atoms with Crippen molar-refractivity contribution in [1.82, 2.24) is 0 Å². The van der Waals surface area contributed by atoms with Gasteiger partial charge in [0.05, 0.1) is 6.10 Å². The summed E-state index contributed by atoms with van der Waals surface area (Å²) in [5.74, 6) is 0. The molecule has 2 unspecified atom stereocenters. The van der Waals surface area contributed by atoms with Gasteiger partial charge in [-0.05, 0) is 19.3 Å². The fraction of sp³-hybridized carbons (Fsp3) is 1.00. The van der Waals surface area contributed by atoms with Crippen molar-refractivity contribution in [2.45, 2.75) is 76.9 Å². The van der Waals surface area contributed by atoms with Crippen LogP contribution in [0.15, 0.2) is 0 Å². The Kier molecular flexibility index (Phi) is 7.03. The van der Waals surface area contributed by atoms with Crippen molar-refractivity contribution < 1.29 is 4.74 Å². The maximum absolute atomic E-state index is 6.09. The van der Waals surface area contributed by atoms with Gasteiger partial charge >= 0.3 is 0 Å². The van der Waals surface area contributed by atoms with Crippen LogP contribution >= 0.6 is 0 Å². The zero-order valence-electron chi connectivity index (χ0n) is 10.2. The van der Waals surface area contributed by atoms with Crippen molar-refractivity contribution in [2.24, 2.45) is 5.73 Å². The molecule has 1 aliphatic rings. The minimum Gasteiger partial charge on any atom is -0.377 e. The standard InChI is InChI=1S/C13H27NO/c1-2-3-4-8-11-15-13-10-7-5-6-9-12(13)14/h12-13H,2-11,14H2,1H3. The van der Waals surface area contributed by atoms with Crippen LogP contribution in [-0.2, 0) is 4.74 Å². The van der Waals surface area contributed by atoms with E-state index in [1.165, 1.54) is 51.4 Å². The van der Waals surface area contributed by atoms with Gasteiger partial charge in [-0.1, -0.05) is 45.4 Å². The second-order valence-electron chi connectivity index (χ2n) is 4.77. The van der Waals surface area contributed by atoms with E-state index in [4.69, 9.17) is 10.5 Å². The van der Waals surface area contributed by atoms with Gasteiger partial charge in [0.2, 0.25) is 0 Å². The molecule has 0 heterocycles. The van der Waals surface area contributed by atoms with E-state index in [9.17, 15) is 0 Å². The molecule has 1 aliphatic carbocycles. The number of hydrogen-bond acceptors (Lipinski definition) is 2. The van der Waals surface area contributed by atoms with E-state index < -0.39 is 0 Å². The van der Waals surface area contributed by atoms with Gasteiger partial charge in [0.25, 0.3) is 0 Å². The van der Waals surface area contributed by atoms with E-state index in [-0.39, 0.29) is 0 Å². The molecule has 15 heavy (non-hydrogen) atoms. The number of hydrogen-bond donors (Lipinski definition) is 1. The molecular weight excluding hydrogens is 186 g/mol. The third kappa shape index (κ3) is 5.53. The Labute approximate surface area is 94.6 Å². The van der Waals surface area contributed by atoms with Gasteiger partial charge < -0.3 is 10.5 Å². The summed E-state index contributed by atoms with van der Waals surface area (Å²) in [6.07, 6.45) is 11.7. The Morgan fingerprint density at radius 3 is 2.67 bits per heavy atom. The molecule has 2 nitrogen and oxygen atoms in total. The second kappa shape index (κ2) is 8.12.